The van der Waals surface area contributed by atoms with Gasteiger partial charge < -0.3 is 10.4 Å². The molecule has 0 spiro atoms. The molecule has 1 atom stereocenters. The highest BCUT2D eigenvalue weighted by atomic mass is 35.5. The molecular formula is C9H11ClFNO. The van der Waals surface area contributed by atoms with E-state index in [9.17, 15) is 4.39 Å². The van der Waals surface area contributed by atoms with Gasteiger partial charge in [-0.2, -0.15) is 0 Å². The van der Waals surface area contributed by atoms with Crippen molar-refractivity contribution < 1.29 is 9.50 Å². The molecule has 0 aromatic heterocycles. The van der Waals surface area contributed by atoms with Crippen LogP contribution in [0.5, 0.6) is 0 Å². The first-order valence-corrected chi connectivity index (χ1v) is 4.33. The lowest BCUT2D eigenvalue weighted by Crippen LogP contribution is -2.19. The highest BCUT2D eigenvalue weighted by molar-refractivity contribution is 6.31. The third kappa shape index (κ3) is 2.86. The molecule has 0 amide bonds. The summed E-state index contributed by atoms with van der Waals surface area (Å²) < 4.78 is 12.7. The van der Waals surface area contributed by atoms with Gasteiger partial charge in [-0.3, -0.25) is 0 Å². The van der Waals surface area contributed by atoms with E-state index in [1.54, 1.807) is 6.07 Å². The molecule has 1 aromatic carbocycles. The molecule has 0 saturated heterocycles. The predicted octanol–water partition coefficient (Wildman–Crippen LogP) is 2.27. The molecule has 13 heavy (non-hydrogen) atoms. The Labute approximate surface area is 81.3 Å². The van der Waals surface area contributed by atoms with Crippen molar-refractivity contribution in [3.05, 3.63) is 29.0 Å². The van der Waals surface area contributed by atoms with Gasteiger partial charge in [0.15, 0.2) is 0 Å². The number of rotatable bonds is 3. The van der Waals surface area contributed by atoms with Gasteiger partial charge in [0.05, 0.1) is 11.6 Å². The van der Waals surface area contributed by atoms with E-state index in [4.69, 9.17) is 16.7 Å². The molecular weight excluding hydrogens is 193 g/mol. The smallest absolute Gasteiger partial charge is 0.141 e. The average Bonchev–Trinajstić information content (AvgIpc) is 2.11. The number of anilines is 1. The Morgan fingerprint density at radius 2 is 2.31 bits per heavy atom. The van der Waals surface area contributed by atoms with Gasteiger partial charge in [-0.15, -0.1) is 0 Å². The first-order chi connectivity index (χ1) is 6.13. The minimum Gasteiger partial charge on any atom is -0.394 e. The summed E-state index contributed by atoms with van der Waals surface area (Å²) in [6.07, 6.45) is 0. The molecule has 0 bridgehead atoms. The van der Waals surface area contributed by atoms with Crippen LogP contribution in [0.15, 0.2) is 18.2 Å². The van der Waals surface area contributed by atoms with Gasteiger partial charge in [0.1, 0.15) is 5.82 Å². The molecule has 1 aromatic rings. The van der Waals surface area contributed by atoms with Crippen molar-refractivity contribution in [2.24, 2.45) is 0 Å². The molecule has 0 heterocycles. The Morgan fingerprint density at radius 1 is 1.62 bits per heavy atom. The second-order valence-corrected chi connectivity index (χ2v) is 3.26. The van der Waals surface area contributed by atoms with Crippen LogP contribution in [0.25, 0.3) is 0 Å². The van der Waals surface area contributed by atoms with E-state index >= 15 is 0 Å². The van der Waals surface area contributed by atoms with E-state index in [1.807, 2.05) is 6.92 Å². The molecule has 2 nitrogen and oxygen atoms in total. The van der Waals surface area contributed by atoms with Crippen molar-refractivity contribution in [1.29, 1.82) is 0 Å². The van der Waals surface area contributed by atoms with Gasteiger partial charge in [-0.05, 0) is 25.1 Å². The summed E-state index contributed by atoms with van der Waals surface area (Å²) in [7, 11) is 0. The van der Waals surface area contributed by atoms with Gasteiger partial charge in [0, 0.05) is 11.7 Å². The number of hydrogen-bond acceptors (Lipinski definition) is 2. The second-order valence-electron chi connectivity index (χ2n) is 2.86. The zero-order valence-corrected chi connectivity index (χ0v) is 7.98. The van der Waals surface area contributed by atoms with E-state index in [0.29, 0.717) is 5.69 Å². The van der Waals surface area contributed by atoms with E-state index in [2.05, 4.69) is 5.32 Å². The lowest BCUT2D eigenvalue weighted by molar-refractivity contribution is 0.281. The summed E-state index contributed by atoms with van der Waals surface area (Å²) in [5.74, 6) is -0.441. The van der Waals surface area contributed by atoms with Crippen LogP contribution in [0.2, 0.25) is 5.02 Å². The molecule has 0 aliphatic carbocycles. The number of aliphatic hydroxyl groups is 1. The minimum absolute atomic E-state index is 0.0228. The Hall–Kier alpha value is -0.800. The Morgan fingerprint density at radius 3 is 2.85 bits per heavy atom. The van der Waals surface area contributed by atoms with Crippen LogP contribution in [0.4, 0.5) is 10.1 Å². The maximum atomic E-state index is 12.7. The van der Waals surface area contributed by atoms with Crippen molar-refractivity contribution in [2.45, 2.75) is 13.0 Å². The predicted molar refractivity (Wildman–Crippen MR) is 51.6 cm³/mol. The van der Waals surface area contributed by atoms with Crippen molar-refractivity contribution in [3.8, 4) is 0 Å². The monoisotopic (exact) mass is 203 g/mol. The molecule has 0 aliphatic heterocycles. The summed E-state index contributed by atoms with van der Waals surface area (Å²) in [6, 6.07) is 4.28. The first-order valence-electron chi connectivity index (χ1n) is 3.96. The van der Waals surface area contributed by atoms with Crippen molar-refractivity contribution in [2.75, 3.05) is 11.9 Å². The fourth-order valence-electron chi connectivity index (χ4n) is 0.916. The highest BCUT2D eigenvalue weighted by Gasteiger charge is 2.03. The summed E-state index contributed by atoms with van der Waals surface area (Å²) in [5.41, 5.74) is 0.702. The van der Waals surface area contributed by atoms with Gasteiger partial charge in [-0.25, -0.2) is 4.39 Å². The molecule has 2 N–H and O–H groups in total. The Balaban J connectivity index is 2.73. The Kier molecular flexibility index (Phi) is 3.51. The molecule has 0 radical (unpaired) electrons. The van der Waals surface area contributed by atoms with Crippen molar-refractivity contribution in [3.63, 3.8) is 0 Å². The van der Waals surface area contributed by atoms with Crippen LogP contribution in [0.1, 0.15) is 6.92 Å². The molecule has 0 unspecified atom stereocenters. The van der Waals surface area contributed by atoms with Crippen LogP contribution >= 0.6 is 11.6 Å². The molecule has 4 heteroatoms. The highest BCUT2D eigenvalue weighted by Crippen LogP contribution is 2.19. The van der Waals surface area contributed by atoms with Crippen LogP contribution in [0.3, 0.4) is 0 Å². The molecule has 72 valence electrons. The van der Waals surface area contributed by atoms with Crippen LogP contribution in [0, 0.1) is 5.82 Å². The summed E-state index contributed by atoms with van der Waals surface area (Å²) in [6.45, 7) is 1.84. The SMILES string of the molecule is C[C@@H](CO)Nc1ccc(F)c(Cl)c1. The van der Waals surface area contributed by atoms with E-state index in [0.717, 1.165) is 0 Å². The van der Waals surface area contributed by atoms with Crippen molar-refractivity contribution >= 4 is 17.3 Å². The van der Waals surface area contributed by atoms with Crippen LogP contribution in [-0.2, 0) is 0 Å². The normalized spacial score (nSPS) is 12.6. The zero-order chi connectivity index (χ0) is 9.84. The molecule has 0 aliphatic rings. The lowest BCUT2D eigenvalue weighted by Gasteiger charge is -2.12. The van der Waals surface area contributed by atoms with Crippen LogP contribution < -0.4 is 5.32 Å². The number of benzene rings is 1. The molecule has 1 rings (SSSR count). The maximum absolute atomic E-state index is 12.7. The topological polar surface area (TPSA) is 32.3 Å². The summed E-state index contributed by atoms with van der Waals surface area (Å²) in [5, 5.41) is 11.8. The largest absolute Gasteiger partial charge is 0.394 e. The van der Waals surface area contributed by atoms with E-state index in [-0.39, 0.29) is 17.7 Å². The first kappa shape index (κ1) is 10.3. The van der Waals surface area contributed by atoms with Gasteiger partial charge in [0.2, 0.25) is 0 Å². The number of nitrogens with one attached hydrogen (secondary N) is 1. The van der Waals surface area contributed by atoms with Crippen molar-refractivity contribution in [1.82, 2.24) is 0 Å². The fraction of sp³-hybridized carbons (Fsp3) is 0.333. The van der Waals surface area contributed by atoms with Gasteiger partial charge in [-0.1, -0.05) is 11.6 Å². The standard InChI is InChI=1S/C9H11ClFNO/c1-6(5-13)12-7-2-3-9(11)8(10)4-7/h2-4,6,12-13H,5H2,1H3/t6-/m0/s1. The van der Waals surface area contributed by atoms with Gasteiger partial charge >= 0.3 is 0 Å². The molecule has 0 fully saturated rings. The summed E-state index contributed by atoms with van der Waals surface area (Å²) >= 11 is 5.56. The molecule has 0 saturated carbocycles. The third-order valence-electron chi connectivity index (χ3n) is 1.61. The average molecular weight is 204 g/mol. The minimum atomic E-state index is -0.441. The van der Waals surface area contributed by atoms with Crippen LogP contribution in [-0.4, -0.2) is 17.8 Å². The number of hydrogen-bond donors (Lipinski definition) is 2. The lowest BCUT2D eigenvalue weighted by atomic mass is 10.2. The number of halogens is 2. The second kappa shape index (κ2) is 4.44. The third-order valence-corrected chi connectivity index (χ3v) is 1.90. The van der Waals surface area contributed by atoms with Gasteiger partial charge in [0.25, 0.3) is 0 Å². The maximum Gasteiger partial charge on any atom is 0.141 e. The fourth-order valence-corrected chi connectivity index (χ4v) is 1.10. The zero-order valence-electron chi connectivity index (χ0n) is 7.22. The quantitative estimate of drug-likeness (QED) is 0.790. The summed E-state index contributed by atoms with van der Waals surface area (Å²) in [4.78, 5) is 0. The van der Waals surface area contributed by atoms with E-state index < -0.39 is 5.82 Å². The van der Waals surface area contributed by atoms with E-state index in [1.165, 1.54) is 12.1 Å². The number of aliphatic hydroxyl groups excluding tert-OH is 1. The Bertz CT molecular complexity index is 293.